The Labute approximate surface area is 121 Å². The third-order valence-electron chi connectivity index (χ3n) is 3.91. The number of nitrogens with zero attached hydrogens (tertiary/aromatic N) is 2. The molecule has 0 bridgehead atoms. The number of carbonyl (C=O) groups excluding carboxylic acids is 1. The van der Waals surface area contributed by atoms with E-state index in [2.05, 4.69) is 17.1 Å². The number of benzene rings is 1. The number of amides is 1. The van der Waals surface area contributed by atoms with Gasteiger partial charge < -0.3 is 10.2 Å². The Morgan fingerprint density at radius 1 is 1.25 bits per heavy atom. The van der Waals surface area contributed by atoms with Gasteiger partial charge >= 0.3 is 0 Å². The van der Waals surface area contributed by atoms with E-state index in [0.717, 1.165) is 30.4 Å². The molecular weight excluding hydrogens is 250 g/mol. The zero-order chi connectivity index (χ0) is 14.5. The fraction of sp³-hybridized carbons (Fsp3) is 0.562. The zero-order valence-electron chi connectivity index (χ0n) is 12.7. The van der Waals surface area contributed by atoms with Crippen LogP contribution in [0.1, 0.15) is 19.8 Å². The molecule has 1 amide bonds. The molecule has 1 fully saturated rings. The van der Waals surface area contributed by atoms with E-state index < -0.39 is 0 Å². The summed E-state index contributed by atoms with van der Waals surface area (Å²) in [5.41, 5.74) is 2.00. The van der Waals surface area contributed by atoms with Gasteiger partial charge in [0.25, 0.3) is 0 Å². The third kappa shape index (κ3) is 4.23. The Balaban J connectivity index is 1.82. The van der Waals surface area contributed by atoms with Gasteiger partial charge in [0, 0.05) is 25.5 Å². The summed E-state index contributed by atoms with van der Waals surface area (Å²) in [6.07, 6.45) is 2.40. The summed E-state index contributed by atoms with van der Waals surface area (Å²) in [5, 5.41) is 2.97. The second kappa shape index (κ2) is 6.75. The molecule has 0 saturated carbocycles. The fourth-order valence-electron chi connectivity index (χ4n) is 2.47. The Morgan fingerprint density at radius 2 is 1.85 bits per heavy atom. The van der Waals surface area contributed by atoms with Crippen molar-refractivity contribution in [3.05, 3.63) is 24.3 Å². The van der Waals surface area contributed by atoms with Crippen LogP contribution in [0.15, 0.2) is 24.3 Å². The average molecular weight is 275 g/mol. The highest BCUT2D eigenvalue weighted by atomic mass is 16.2. The van der Waals surface area contributed by atoms with Crippen LogP contribution in [0, 0.1) is 5.92 Å². The smallest absolute Gasteiger partial charge is 0.238 e. The number of likely N-dealkylation sites (tertiary alicyclic amines) is 1. The molecule has 0 aliphatic carbocycles. The SMILES string of the molecule is CC1CCN(CC(=O)Nc2ccc(N(C)C)cc2)CC1. The topological polar surface area (TPSA) is 35.6 Å². The molecule has 1 saturated heterocycles. The van der Waals surface area contributed by atoms with Crippen molar-refractivity contribution in [3.8, 4) is 0 Å². The van der Waals surface area contributed by atoms with Gasteiger partial charge in [-0.3, -0.25) is 9.69 Å². The Bertz CT molecular complexity index is 434. The van der Waals surface area contributed by atoms with Crippen molar-refractivity contribution in [2.45, 2.75) is 19.8 Å². The minimum absolute atomic E-state index is 0.0807. The van der Waals surface area contributed by atoms with Crippen LogP contribution in [0.25, 0.3) is 0 Å². The van der Waals surface area contributed by atoms with Crippen molar-refractivity contribution in [3.63, 3.8) is 0 Å². The van der Waals surface area contributed by atoms with Gasteiger partial charge in [-0.15, -0.1) is 0 Å². The first-order valence-electron chi connectivity index (χ1n) is 7.34. The van der Waals surface area contributed by atoms with Gasteiger partial charge in [0.2, 0.25) is 5.91 Å². The molecule has 1 aliphatic rings. The van der Waals surface area contributed by atoms with E-state index in [-0.39, 0.29) is 5.91 Å². The van der Waals surface area contributed by atoms with Gasteiger partial charge in [-0.2, -0.15) is 0 Å². The number of nitrogens with one attached hydrogen (secondary N) is 1. The standard InChI is InChI=1S/C16H25N3O/c1-13-8-10-19(11-9-13)12-16(20)17-14-4-6-15(7-5-14)18(2)3/h4-7,13H,8-12H2,1-3H3,(H,17,20). The van der Waals surface area contributed by atoms with Gasteiger partial charge in [0.05, 0.1) is 6.54 Å². The maximum atomic E-state index is 12.0. The van der Waals surface area contributed by atoms with Crippen LogP contribution in [-0.2, 0) is 4.79 Å². The summed E-state index contributed by atoms with van der Waals surface area (Å²) in [6, 6.07) is 7.92. The Morgan fingerprint density at radius 3 is 2.40 bits per heavy atom. The number of anilines is 2. The first-order chi connectivity index (χ1) is 9.54. The van der Waals surface area contributed by atoms with Crippen LogP contribution in [0.5, 0.6) is 0 Å². The highest BCUT2D eigenvalue weighted by molar-refractivity contribution is 5.92. The van der Waals surface area contributed by atoms with Crippen LogP contribution < -0.4 is 10.2 Å². The molecule has 1 aliphatic heterocycles. The number of rotatable bonds is 4. The van der Waals surface area contributed by atoms with E-state index in [1.54, 1.807) is 0 Å². The second-order valence-corrected chi connectivity index (χ2v) is 5.95. The van der Waals surface area contributed by atoms with E-state index in [1.165, 1.54) is 12.8 Å². The molecular formula is C16H25N3O. The summed E-state index contributed by atoms with van der Waals surface area (Å²) in [7, 11) is 4.01. The molecule has 0 aromatic heterocycles. The minimum atomic E-state index is 0.0807. The lowest BCUT2D eigenvalue weighted by atomic mass is 9.99. The molecule has 4 heteroatoms. The van der Waals surface area contributed by atoms with Crippen LogP contribution >= 0.6 is 0 Å². The number of hydrogen-bond donors (Lipinski definition) is 1. The molecule has 1 N–H and O–H groups in total. The predicted molar refractivity (Wildman–Crippen MR) is 84.2 cm³/mol. The first-order valence-corrected chi connectivity index (χ1v) is 7.34. The van der Waals surface area contributed by atoms with Crippen molar-refractivity contribution < 1.29 is 4.79 Å². The van der Waals surface area contributed by atoms with Crippen LogP contribution in [0.2, 0.25) is 0 Å². The van der Waals surface area contributed by atoms with E-state index in [1.807, 2.05) is 43.3 Å². The summed E-state index contributed by atoms with van der Waals surface area (Å²) < 4.78 is 0. The quantitative estimate of drug-likeness (QED) is 0.916. The molecule has 0 atom stereocenters. The highest BCUT2D eigenvalue weighted by Gasteiger charge is 2.17. The van der Waals surface area contributed by atoms with Crippen LogP contribution in [0.3, 0.4) is 0 Å². The molecule has 1 aromatic carbocycles. The highest BCUT2D eigenvalue weighted by Crippen LogP contribution is 2.17. The maximum absolute atomic E-state index is 12.0. The van der Waals surface area contributed by atoms with Crippen molar-refractivity contribution in [1.29, 1.82) is 0 Å². The first kappa shape index (κ1) is 14.9. The lowest BCUT2D eigenvalue weighted by Gasteiger charge is -2.29. The summed E-state index contributed by atoms with van der Waals surface area (Å²) in [4.78, 5) is 16.3. The van der Waals surface area contributed by atoms with E-state index in [0.29, 0.717) is 6.54 Å². The largest absolute Gasteiger partial charge is 0.378 e. The molecule has 20 heavy (non-hydrogen) atoms. The van der Waals surface area contributed by atoms with E-state index in [4.69, 9.17) is 0 Å². The third-order valence-corrected chi connectivity index (χ3v) is 3.91. The predicted octanol–water partition coefficient (Wildman–Crippen LogP) is 2.42. The van der Waals surface area contributed by atoms with Crippen molar-refractivity contribution in [1.82, 2.24) is 4.90 Å². The summed E-state index contributed by atoms with van der Waals surface area (Å²) >= 11 is 0. The molecule has 4 nitrogen and oxygen atoms in total. The van der Waals surface area contributed by atoms with Crippen LogP contribution in [-0.4, -0.2) is 44.5 Å². The molecule has 110 valence electrons. The summed E-state index contributed by atoms with van der Waals surface area (Å²) in [5.74, 6) is 0.880. The molecule has 2 rings (SSSR count). The lowest BCUT2D eigenvalue weighted by Crippen LogP contribution is -2.38. The number of piperidine rings is 1. The molecule has 1 aromatic rings. The fourth-order valence-corrected chi connectivity index (χ4v) is 2.47. The number of hydrogen-bond acceptors (Lipinski definition) is 3. The molecule has 0 unspecified atom stereocenters. The van der Waals surface area contributed by atoms with Crippen molar-refractivity contribution in [2.75, 3.05) is 43.9 Å². The van der Waals surface area contributed by atoms with E-state index in [9.17, 15) is 4.79 Å². The second-order valence-electron chi connectivity index (χ2n) is 5.95. The minimum Gasteiger partial charge on any atom is -0.378 e. The monoisotopic (exact) mass is 275 g/mol. The summed E-state index contributed by atoms with van der Waals surface area (Å²) in [6.45, 7) is 4.86. The van der Waals surface area contributed by atoms with E-state index >= 15 is 0 Å². The van der Waals surface area contributed by atoms with Crippen molar-refractivity contribution in [2.24, 2.45) is 5.92 Å². The van der Waals surface area contributed by atoms with Gasteiger partial charge in [-0.1, -0.05) is 6.92 Å². The number of carbonyl (C=O) groups is 1. The molecule has 0 spiro atoms. The normalized spacial score (nSPS) is 16.9. The van der Waals surface area contributed by atoms with Gasteiger partial charge in [-0.25, -0.2) is 0 Å². The zero-order valence-corrected chi connectivity index (χ0v) is 12.7. The van der Waals surface area contributed by atoms with Crippen LogP contribution in [0.4, 0.5) is 11.4 Å². The molecule has 1 heterocycles. The van der Waals surface area contributed by atoms with Gasteiger partial charge in [-0.05, 0) is 56.1 Å². The van der Waals surface area contributed by atoms with Gasteiger partial charge in [0.1, 0.15) is 0 Å². The Hall–Kier alpha value is -1.55. The van der Waals surface area contributed by atoms with Crippen molar-refractivity contribution >= 4 is 17.3 Å². The average Bonchev–Trinajstić information content (AvgIpc) is 2.42. The maximum Gasteiger partial charge on any atom is 0.238 e. The van der Waals surface area contributed by atoms with Gasteiger partial charge in [0.15, 0.2) is 0 Å². The lowest BCUT2D eigenvalue weighted by molar-refractivity contribution is -0.117. The Kier molecular flexibility index (Phi) is 5.01. The molecule has 0 radical (unpaired) electrons.